The summed E-state index contributed by atoms with van der Waals surface area (Å²) in [7, 11) is 1.95. The molecule has 1 aromatic heterocycles. The number of hydrogen-bond donors (Lipinski definition) is 2. The van der Waals surface area contributed by atoms with Crippen LogP contribution in [0.5, 0.6) is 0 Å². The summed E-state index contributed by atoms with van der Waals surface area (Å²) < 4.78 is 7.33. The standard InChI is InChI=1S/C15H21N3O2/c1-11-15(19,7-8-20-11)10-16-9-13-12-5-3-4-6-14(12)18(2)17-13/h3-6,11,16,19H,7-10H2,1-2H3. The second kappa shape index (κ2) is 5.16. The van der Waals surface area contributed by atoms with Crippen LogP contribution >= 0.6 is 0 Å². The van der Waals surface area contributed by atoms with Gasteiger partial charge in [-0.15, -0.1) is 0 Å². The zero-order valence-electron chi connectivity index (χ0n) is 12.0. The molecule has 2 atom stereocenters. The van der Waals surface area contributed by atoms with Crippen LogP contribution in [0, 0.1) is 0 Å². The van der Waals surface area contributed by atoms with Gasteiger partial charge in [0.1, 0.15) is 5.60 Å². The molecule has 5 heteroatoms. The third-order valence-electron chi connectivity index (χ3n) is 4.22. The average Bonchev–Trinajstić information content (AvgIpc) is 2.93. The lowest BCUT2D eigenvalue weighted by Crippen LogP contribution is -2.45. The fourth-order valence-electron chi connectivity index (χ4n) is 2.82. The highest BCUT2D eigenvalue weighted by atomic mass is 16.5. The molecule has 2 aromatic rings. The fraction of sp³-hybridized carbons (Fsp3) is 0.533. The van der Waals surface area contributed by atoms with Crippen molar-refractivity contribution in [3.8, 4) is 0 Å². The minimum absolute atomic E-state index is 0.115. The normalized spacial score (nSPS) is 26.4. The number of aryl methyl sites for hydroxylation is 1. The van der Waals surface area contributed by atoms with E-state index in [-0.39, 0.29) is 6.10 Å². The van der Waals surface area contributed by atoms with Gasteiger partial charge in [0.05, 0.1) is 17.3 Å². The zero-order valence-corrected chi connectivity index (χ0v) is 12.0. The highest BCUT2D eigenvalue weighted by Crippen LogP contribution is 2.25. The molecule has 1 aliphatic rings. The molecular formula is C15H21N3O2. The predicted octanol–water partition coefficient (Wildman–Crippen LogP) is 1.20. The first-order valence-corrected chi connectivity index (χ1v) is 7.05. The van der Waals surface area contributed by atoms with Gasteiger partial charge in [0, 0.05) is 38.6 Å². The first-order valence-electron chi connectivity index (χ1n) is 7.05. The second-order valence-corrected chi connectivity index (χ2v) is 5.56. The Labute approximate surface area is 118 Å². The average molecular weight is 275 g/mol. The van der Waals surface area contributed by atoms with Crippen LogP contribution in [0.25, 0.3) is 10.9 Å². The van der Waals surface area contributed by atoms with Crippen LogP contribution in [0.4, 0.5) is 0 Å². The van der Waals surface area contributed by atoms with E-state index in [2.05, 4.69) is 22.5 Å². The van der Waals surface area contributed by atoms with Crippen LogP contribution in [-0.4, -0.2) is 39.7 Å². The summed E-state index contributed by atoms with van der Waals surface area (Å²) >= 11 is 0. The molecule has 2 unspecified atom stereocenters. The summed E-state index contributed by atoms with van der Waals surface area (Å²) in [6.45, 7) is 3.73. The zero-order chi connectivity index (χ0) is 14.2. The summed E-state index contributed by atoms with van der Waals surface area (Å²) in [5.41, 5.74) is 1.38. The molecule has 108 valence electrons. The number of benzene rings is 1. The second-order valence-electron chi connectivity index (χ2n) is 5.56. The van der Waals surface area contributed by atoms with E-state index in [1.807, 2.05) is 30.8 Å². The highest BCUT2D eigenvalue weighted by Gasteiger charge is 2.39. The number of aromatic nitrogens is 2. The number of ether oxygens (including phenoxy) is 1. The Morgan fingerprint density at radius 1 is 1.50 bits per heavy atom. The van der Waals surface area contributed by atoms with E-state index >= 15 is 0 Å². The summed E-state index contributed by atoms with van der Waals surface area (Å²) in [6, 6.07) is 8.18. The Morgan fingerprint density at radius 3 is 3.05 bits per heavy atom. The largest absolute Gasteiger partial charge is 0.386 e. The minimum atomic E-state index is -0.759. The molecule has 20 heavy (non-hydrogen) atoms. The molecule has 2 N–H and O–H groups in total. The first kappa shape index (κ1) is 13.5. The smallest absolute Gasteiger partial charge is 0.105 e. The van der Waals surface area contributed by atoms with Gasteiger partial charge >= 0.3 is 0 Å². The van der Waals surface area contributed by atoms with E-state index in [9.17, 15) is 5.11 Å². The molecule has 1 aliphatic heterocycles. The molecule has 0 bridgehead atoms. The van der Waals surface area contributed by atoms with Crippen molar-refractivity contribution < 1.29 is 9.84 Å². The number of fused-ring (bicyclic) bond motifs is 1. The molecule has 1 fully saturated rings. The molecule has 1 aromatic carbocycles. The van der Waals surface area contributed by atoms with E-state index < -0.39 is 5.60 Å². The first-order chi connectivity index (χ1) is 9.60. The summed E-state index contributed by atoms with van der Waals surface area (Å²) in [4.78, 5) is 0. The lowest BCUT2D eigenvalue weighted by atomic mass is 9.97. The number of hydrogen-bond acceptors (Lipinski definition) is 4. The number of para-hydroxylation sites is 1. The SMILES string of the molecule is CC1OCCC1(O)CNCc1nn(C)c2ccccc12. The van der Waals surface area contributed by atoms with E-state index in [0.717, 1.165) is 16.6 Å². The molecular weight excluding hydrogens is 254 g/mol. The van der Waals surface area contributed by atoms with Crippen molar-refractivity contribution in [3.05, 3.63) is 30.0 Å². The molecule has 0 aliphatic carbocycles. The van der Waals surface area contributed by atoms with Crippen LogP contribution in [0.15, 0.2) is 24.3 Å². The van der Waals surface area contributed by atoms with Crippen molar-refractivity contribution in [3.63, 3.8) is 0 Å². The molecule has 3 rings (SSSR count). The topological polar surface area (TPSA) is 59.3 Å². The van der Waals surface area contributed by atoms with Gasteiger partial charge in [-0.05, 0) is 13.0 Å². The van der Waals surface area contributed by atoms with Gasteiger partial charge in [0.25, 0.3) is 0 Å². The monoisotopic (exact) mass is 275 g/mol. The highest BCUT2D eigenvalue weighted by molar-refractivity contribution is 5.81. The van der Waals surface area contributed by atoms with Gasteiger partial charge in [-0.1, -0.05) is 18.2 Å². The summed E-state index contributed by atoms with van der Waals surface area (Å²) in [5, 5.41) is 19.5. The number of aliphatic hydroxyl groups is 1. The maximum atomic E-state index is 10.4. The maximum Gasteiger partial charge on any atom is 0.105 e. The fourth-order valence-corrected chi connectivity index (χ4v) is 2.82. The predicted molar refractivity (Wildman–Crippen MR) is 77.4 cm³/mol. The van der Waals surface area contributed by atoms with E-state index in [1.165, 1.54) is 0 Å². The third kappa shape index (κ3) is 2.32. The number of rotatable bonds is 4. The van der Waals surface area contributed by atoms with Crippen molar-refractivity contribution in [2.45, 2.75) is 31.6 Å². The minimum Gasteiger partial charge on any atom is -0.386 e. The molecule has 0 amide bonds. The lowest BCUT2D eigenvalue weighted by molar-refractivity contribution is -0.0263. The quantitative estimate of drug-likeness (QED) is 0.880. The van der Waals surface area contributed by atoms with Crippen LogP contribution in [0.3, 0.4) is 0 Å². The van der Waals surface area contributed by atoms with Gasteiger partial charge in [-0.25, -0.2) is 0 Å². The van der Waals surface area contributed by atoms with Crippen molar-refractivity contribution in [1.29, 1.82) is 0 Å². The van der Waals surface area contributed by atoms with Crippen molar-refractivity contribution in [2.75, 3.05) is 13.2 Å². The lowest BCUT2D eigenvalue weighted by Gasteiger charge is -2.26. The van der Waals surface area contributed by atoms with Gasteiger partial charge in [0.15, 0.2) is 0 Å². The maximum absolute atomic E-state index is 10.4. The van der Waals surface area contributed by atoms with Crippen LogP contribution in [-0.2, 0) is 18.3 Å². The molecule has 1 saturated heterocycles. The van der Waals surface area contributed by atoms with Gasteiger partial charge in [-0.3, -0.25) is 4.68 Å². The molecule has 0 radical (unpaired) electrons. The third-order valence-corrected chi connectivity index (χ3v) is 4.22. The molecule has 5 nitrogen and oxygen atoms in total. The van der Waals surface area contributed by atoms with E-state index in [4.69, 9.17) is 4.74 Å². The summed E-state index contributed by atoms with van der Waals surface area (Å²) in [6.07, 6.45) is 0.569. The Morgan fingerprint density at radius 2 is 2.30 bits per heavy atom. The van der Waals surface area contributed by atoms with Crippen molar-refractivity contribution in [1.82, 2.24) is 15.1 Å². The Balaban J connectivity index is 1.69. The summed E-state index contributed by atoms with van der Waals surface area (Å²) in [5.74, 6) is 0. The van der Waals surface area contributed by atoms with Crippen molar-refractivity contribution in [2.24, 2.45) is 7.05 Å². The van der Waals surface area contributed by atoms with Gasteiger partial charge < -0.3 is 15.2 Å². The van der Waals surface area contributed by atoms with E-state index in [0.29, 0.717) is 26.1 Å². The van der Waals surface area contributed by atoms with Gasteiger partial charge in [0.2, 0.25) is 0 Å². The Hall–Kier alpha value is -1.43. The van der Waals surface area contributed by atoms with Crippen LogP contribution < -0.4 is 5.32 Å². The van der Waals surface area contributed by atoms with Crippen LogP contribution in [0.2, 0.25) is 0 Å². The number of nitrogens with one attached hydrogen (secondary N) is 1. The van der Waals surface area contributed by atoms with E-state index in [1.54, 1.807) is 0 Å². The molecule has 0 saturated carbocycles. The number of nitrogens with zero attached hydrogens (tertiary/aromatic N) is 2. The Bertz CT molecular complexity index is 610. The van der Waals surface area contributed by atoms with Gasteiger partial charge in [-0.2, -0.15) is 5.10 Å². The Kier molecular flexibility index (Phi) is 3.50. The van der Waals surface area contributed by atoms with Crippen molar-refractivity contribution >= 4 is 10.9 Å². The molecule has 0 spiro atoms. The van der Waals surface area contributed by atoms with Crippen LogP contribution in [0.1, 0.15) is 19.0 Å². The molecule has 2 heterocycles.